The van der Waals surface area contributed by atoms with E-state index in [1.54, 1.807) is 17.2 Å². The SMILES string of the molecule is CC(C)c1ccc2c(c1)C(=O)OC1(CCN(C(=O)c3ccc4[nH]ncc4c3)CC1)O2. The lowest BCUT2D eigenvalue weighted by Gasteiger charge is -2.43. The second kappa shape index (κ2) is 6.86. The van der Waals surface area contributed by atoms with Gasteiger partial charge in [0.25, 0.3) is 11.7 Å². The lowest BCUT2D eigenvalue weighted by molar-refractivity contribution is -0.177. The molecule has 0 unspecified atom stereocenters. The molecule has 30 heavy (non-hydrogen) atoms. The number of rotatable bonds is 2. The maximum Gasteiger partial charge on any atom is 0.345 e. The second-order valence-corrected chi connectivity index (χ2v) is 8.28. The number of H-pyrrole nitrogens is 1. The van der Waals surface area contributed by atoms with Gasteiger partial charge in [0.1, 0.15) is 11.3 Å². The van der Waals surface area contributed by atoms with Gasteiger partial charge in [0.15, 0.2) is 0 Å². The molecule has 5 rings (SSSR count). The molecule has 0 radical (unpaired) electrons. The molecule has 1 aromatic heterocycles. The minimum atomic E-state index is -1.01. The van der Waals surface area contributed by atoms with Crippen molar-refractivity contribution in [3.8, 4) is 5.75 Å². The number of aromatic nitrogens is 2. The van der Waals surface area contributed by atoms with Crippen LogP contribution in [0.2, 0.25) is 0 Å². The number of nitrogens with one attached hydrogen (secondary N) is 1. The van der Waals surface area contributed by atoms with Gasteiger partial charge in [-0.2, -0.15) is 5.10 Å². The zero-order valence-corrected chi connectivity index (χ0v) is 17.0. The quantitative estimate of drug-likeness (QED) is 0.655. The zero-order valence-electron chi connectivity index (χ0n) is 17.0. The molecule has 3 aromatic rings. The molecule has 1 saturated heterocycles. The first-order valence-electron chi connectivity index (χ1n) is 10.2. The van der Waals surface area contributed by atoms with Crippen LogP contribution in [0, 0.1) is 0 Å². The first-order chi connectivity index (χ1) is 14.4. The zero-order chi connectivity index (χ0) is 20.9. The van der Waals surface area contributed by atoms with Gasteiger partial charge in [0.2, 0.25) is 0 Å². The fourth-order valence-corrected chi connectivity index (χ4v) is 4.11. The van der Waals surface area contributed by atoms with E-state index in [0.29, 0.717) is 48.7 Å². The van der Waals surface area contributed by atoms with Crippen LogP contribution in [-0.2, 0) is 4.74 Å². The molecule has 3 heterocycles. The van der Waals surface area contributed by atoms with Crippen LogP contribution in [0.3, 0.4) is 0 Å². The molecular formula is C23H23N3O4. The Hall–Kier alpha value is -3.35. The lowest BCUT2D eigenvalue weighted by Crippen LogP contribution is -2.53. The van der Waals surface area contributed by atoms with Crippen molar-refractivity contribution in [3.63, 3.8) is 0 Å². The van der Waals surface area contributed by atoms with E-state index in [2.05, 4.69) is 24.0 Å². The van der Waals surface area contributed by atoms with Crippen LogP contribution in [0.25, 0.3) is 10.9 Å². The Balaban J connectivity index is 1.31. The molecule has 0 saturated carbocycles. The van der Waals surface area contributed by atoms with Crippen molar-refractivity contribution in [3.05, 3.63) is 59.3 Å². The summed E-state index contributed by atoms with van der Waals surface area (Å²) in [6.45, 7) is 5.06. The van der Waals surface area contributed by atoms with Crippen molar-refractivity contribution in [1.82, 2.24) is 15.1 Å². The van der Waals surface area contributed by atoms with Crippen molar-refractivity contribution in [2.75, 3.05) is 13.1 Å². The summed E-state index contributed by atoms with van der Waals surface area (Å²) in [4.78, 5) is 27.4. The third kappa shape index (κ3) is 3.10. The van der Waals surface area contributed by atoms with Gasteiger partial charge >= 0.3 is 5.97 Å². The number of aromatic amines is 1. The average molecular weight is 405 g/mol. The first kappa shape index (κ1) is 18.7. The van der Waals surface area contributed by atoms with E-state index in [1.807, 2.05) is 30.3 Å². The third-order valence-electron chi connectivity index (χ3n) is 5.96. The molecular weight excluding hydrogens is 382 g/mol. The highest BCUT2D eigenvalue weighted by Gasteiger charge is 2.45. The van der Waals surface area contributed by atoms with Crippen LogP contribution < -0.4 is 4.74 Å². The highest BCUT2D eigenvalue weighted by Crippen LogP contribution is 2.38. The molecule has 1 amide bonds. The monoisotopic (exact) mass is 405 g/mol. The van der Waals surface area contributed by atoms with E-state index in [9.17, 15) is 9.59 Å². The molecule has 2 aliphatic heterocycles. The molecule has 1 spiro atoms. The van der Waals surface area contributed by atoms with E-state index in [4.69, 9.17) is 9.47 Å². The van der Waals surface area contributed by atoms with Crippen LogP contribution in [0.1, 0.15) is 58.9 Å². The second-order valence-electron chi connectivity index (χ2n) is 8.28. The van der Waals surface area contributed by atoms with Crippen molar-refractivity contribution in [2.45, 2.75) is 38.4 Å². The van der Waals surface area contributed by atoms with E-state index in [1.165, 1.54) is 0 Å². The fraction of sp³-hybridized carbons (Fsp3) is 0.348. The molecule has 7 nitrogen and oxygen atoms in total. The van der Waals surface area contributed by atoms with Crippen molar-refractivity contribution in [1.29, 1.82) is 0 Å². The van der Waals surface area contributed by atoms with E-state index >= 15 is 0 Å². The Labute approximate surface area is 174 Å². The van der Waals surface area contributed by atoms with Gasteiger partial charge in [-0.1, -0.05) is 19.9 Å². The standard InChI is InChI=1S/C23H23N3O4/c1-14(2)15-4-6-20-18(12-15)22(28)30-23(29-20)7-9-26(10-8-23)21(27)16-3-5-19-17(11-16)13-24-25-19/h3-6,11-14H,7-10H2,1-2H3,(H,24,25). The molecule has 2 aromatic carbocycles. The average Bonchev–Trinajstić information content (AvgIpc) is 3.21. The van der Waals surface area contributed by atoms with Gasteiger partial charge in [-0.25, -0.2) is 4.79 Å². The Kier molecular flexibility index (Phi) is 4.27. The Morgan fingerprint density at radius 3 is 2.70 bits per heavy atom. The maximum absolute atomic E-state index is 12.9. The summed E-state index contributed by atoms with van der Waals surface area (Å²) in [6.07, 6.45) is 2.57. The molecule has 0 bridgehead atoms. The fourth-order valence-electron chi connectivity index (χ4n) is 4.11. The van der Waals surface area contributed by atoms with Gasteiger partial charge in [-0.15, -0.1) is 0 Å². The minimum Gasteiger partial charge on any atom is -0.451 e. The summed E-state index contributed by atoms with van der Waals surface area (Å²) in [6, 6.07) is 11.2. The molecule has 154 valence electrons. The molecule has 0 aliphatic carbocycles. The molecule has 2 aliphatic rings. The number of ether oxygens (including phenoxy) is 2. The minimum absolute atomic E-state index is 0.0444. The topological polar surface area (TPSA) is 84.5 Å². The van der Waals surface area contributed by atoms with Gasteiger partial charge in [-0.3, -0.25) is 9.89 Å². The first-order valence-corrected chi connectivity index (χ1v) is 10.2. The number of benzene rings is 2. The molecule has 7 heteroatoms. The Bertz CT molecular complexity index is 1140. The highest BCUT2D eigenvalue weighted by molar-refractivity contribution is 5.98. The number of amides is 1. The summed E-state index contributed by atoms with van der Waals surface area (Å²) in [7, 11) is 0. The maximum atomic E-state index is 12.9. The molecule has 1 fully saturated rings. The van der Waals surface area contributed by atoms with Crippen LogP contribution in [-0.4, -0.2) is 45.9 Å². The van der Waals surface area contributed by atoms with Gasteiger partial charge < -0.3 is 14.4 Å². The molecule has 1 N–H and O–H groups in total. The smallest absolute Gasteiger partial charge is 0.345 e. The van der Waals surface area contributed by atoms with Crippen LogP contribution in [0.15, 0.2) is 42.6 Å². The van der Waals surface area contributed by atoms with Gasteiger partial charge in [0.05, 0.1) is 11.7 Å². The number of hydrogen-bond acceptors (Lipinski definition) is 5. The number of fused-ring (bicyclic) bond motifs is 2. The summed E-state index contributed by atoms with van der Waals surface area (Å²) < 4.78 is 11.9. The van der Waals surface area contributed by atoms with Gasteiger partial charge in [-0.05, 0) is 41.8 Å². The summed E-state index contributed by atoms with van der Waals surface area (Å²) in [5.74, 6) is -0.536. The number of likely N-dealkylation sites (tertiary alicyclic amines) is 1. The summed E-state index contributed by atoms with van der Waals surface area (Å²) >= 11 is 0. The Morgan fingerprint density at radius 2 is 1.93 bits per heavy atom. The van der Waals surface area contributed by atoms with Crippen molar-refractivity contribution < 1.29 is 19.1 Å². The van der Waals surface area contributed by atoms with Crippen molar-refractivity contribution >= 4 is 22.8 Å². The predicted octanol–water partition coefficient (Wildman–Crippen LogP) is 3.87. The Morgan fingerprint density at radius 1 is 1.13 bits per heavy atom. The van der Waals surface area contributed by atoms with Crippen LogP contribution in [0.4, 0.5) is 0 Å². The number of piperidine rings is 1. The van der Waals surface area contributed by atoms with Crippen LogP contribution in [0.5, 0.6) is 5.75 Å². The summed E-state index contributed by atoms with van der Waals surface area (Å²) in [5, 5.41) is 7.78. The third-order valence-corrected chi connectivity index (χ3v) is 5.96. The van der Waals surface area contributed by atoms with Gasteiger partial charge in [0, 0.05) is 36.9 Å². The number of hydrogen-bond donors (Lipinski definition) is 1. The normalized spacial score (nSPS) is 17.7. The number of esters is 1. The van der Waals surface area contributed by atoms with E-state index in [0.717, 1.165) is 16.5 Å². The summed E-state index contributed by atoms with van der Waals surface area (Å²) in [5.41, 5.74) is 3.05. The van der Waals surface area contributed by atoms with Crippen LogP contribution >= 0.6 is 0 Å². The molecule has 0 atom stereocenters. The lowest BCUT2D eigenvalue weighted by atomic mass is 9.97. The van der Waals surface area contributed by atoms with E-state index in [-0.39, 0.29) is 11.9 Å². The van der Waals surface area contributed by atoms with Crippen molar-refractivity contribution in [2.24, 2.45) is 0 Å². The number of carbonyl (C=O) groups excluding carboxylic acids is 2. The number of nitrogens with zero attached hydrogens (tertiary/aromatic N) is 2. The van der Waals surface area contributed by atoms with E-state index < -0.39 is 5.79 Å². The highest BCUT2D eigenvalue weighted by atomic mass is 16.7. The largest absolute Gasteiger partial charge is 0.451 e. The number of carbonyl (C=O) groups is 2. The predicted molar refractivity (Wildman–Crippen MR) is 111 cm³/mol.